The summed E-state index contributed by atoms with van der Waals surface area (Å²) in [5.41, 5.74) is 0.977. The van der Waals surface area contributed by atoms with Gasteiger partial charge in [-0.2, -0.15) is 13.2 Å². The van der Waals surface area contributed by atoms with Crippen LogP contribution in [0.5, 0.6) is 0 Å². The normalized spacial score (nSPS) is 14.7. The Morgan fingerprint density at radius 1 is 1.20 bits per heavy atom. The van der Waals surface area contributed by atoms with Crippen molar-refractivity contribution < 1.29 is 31.1 Å². The van der Waals surface area contributed by atoms with Gasteiger partial charge in [-0.05, 0) is 41.5 Å². The molecule has 1 fully saturated rings. The van der Waals surface area contributed by atoms with Crippen molar-refractivity contribution in [1.29, 1.82) is 0 Å². The molecule has 1 aliphatic rings. The fourth-order valence-corrected chi connectivity index (χ4v) is 3.96. The molecular weight excluding hydrogens is 485 g/mol. The average molecular weight is 511 g/mol. The molecule has 0 spiro atoms. The first kappa shape index (κ1) is 26.2. The number of hydrogen-bond acceptors (Lipinski definition) is 6. The summed E-state index contributed by atoms with van der Waals surface area (Å²) < 4.78 is 70.1. The number of morpholine rings is 1. The second-order valence-corrected chi connectivity index (χ2v) is 9.51. The maximum atomic E-state index is 13.2. The standard InChI is InChI=1S/C23H25F3N4O4S/c1-3-17-14-16(4-7-19(17)29-35(2,32)33)15-27-21(31)9-6-18-5-8-20(23(24,25)26)28-22(18)30-10-12-34-13-11-30/h3-9,14,29H,1,10-13,15H2,2H3,(H,27,31). The lowest BCUT2D eigenvalue weighted by Gasteiger charge is -2.29. The second-order valence-electron chi connectivity index (χ2n) is 7.76. The van der Waals surface area contributed by atoms with Crippen molar-refractivity contribution in [1.82, 2.24) is 10.3 Å². The Hall–Kier alpha value is -3.38. The van der Waals surface area contributed by atoms with Crippen molar-refractivity contribution in [2.24, 2.45) is 0 Å². The lowest BCUT2D eigenvalue weighted by atomic mass is 10.1. The van der Waals surface area contributed by atoms with Crippen molar-refractivity contribution >= 4 is 39.6 Å². The van der Waals surface area contributed by atoms with Gasteiger partial charge in [0.05, 0.1) is 25.2 Å². The van der Waals surface area contributed by atoms with Gasteiger partial charge in [-0.15, -0.1) is 0 Å². The smallest absolute Gasteiger partial charge is 0.378 e. The van der Waals surface area contributed by atoms with Crippen LogP contribution in [0.25, 0.3) is 12.2 Å². The Labute approximate surface area is 201 Å². The summed E-state index contributed by atoms with van der Waals surface area (Å²) in [6.07, 6.45) is 0.585. The summed E-state index contributed by atoms with van der Waals surface area (Å²) in [6, 6.07) is 7.07. The molecule has 2 heterocycles. The minimum atomic E-state index is -4.59. The Kier molecular flexibility index (Phi) is 8.18. The first-order chi connectivity index (χ1) is 16.5. The van der Waals surface area contributed by atoms with Gasteiger partial charge < -0.3 is 15.0 Å². The lowest BCUT2D eigenvalue weighted by Crippen LogP contribution is -2.37. The highest BCUT2D eigenvalue weighted by Crippen LogP contribution is 2.31. The van der Waals surface area contributed by atoms with Crippen molar-refractivity contribution in [3.05, 3.63) is 65.4 Å². The van der Waals surface area contributed by atoms with Crippen LogP contribution in [-0.4, -0.2) is 51.9 Å². The molecule has 1 aliphatic heterocycles. The Morgan fingerprint density at radius 3 is 2.54 bits per heavy atom. The highest BCUT2D eigenvalue weighted by atomic mass is 32.2. The molecule has 1 amide bonds. The summed E-state index contributed by atoms with van der Waals surface area (Å²) in [5.74, 6) is -0.326. The zero-order valence-corrected chi connectivity index (χ0v) is 19.7. The van der Waals surface area contributed by atoms with Crippen LogP contribution in [0.3, 0.4) is 0 Å². The van der Waals surface area contributed by atoms with Crippen LogP contribution in [-0.2, 0) is 32.3 Å². The molecule has 188 valence electrons. The number of sulfonamides is 1. The topological polar surface area (TPSA) is 101 Å². The van der Waals surface area contributed by atoms with Crippen molar-refractivity contribution in [2.75, 3.05) is 42.2 Å². The zero-order valence-electron chi connectivity index (χ0n) is 18.9. The molecule has 0 atom stereocenters. The minimum absolute atomic E-state index is 0.136. The van der Waals surface area contributed by atoms with Crippen LogP contribution >= 0.6 is 0 Å². The van der Waals surface area contributed by atoms with Crippen molar-refractivity contribution in [2.45, 2.75) is 12.7 Å². The number of amides is 1. The van der Waals surface area contributed by atoms with E-state index in [9.17, 15) is 26.4 Å². The van der Waals surface area contributed by atoms with E-state index in [0.717, 1.165) is 12.3 Å². The molecule has 12 heteroatoms. The number of aromatic nitrogens is 1. The third kappa shape index (κ3) is 7.55. The Morgan fingerprint density at radius 2 is 1.91 bits per heavy atom. The van der Waals surface area contributed by atoms with Crippen LogP contribution in [0.4, 0.5) is 24.7 Å². The average Bonchev–Trinajstić information content (AvgIpc) is 2.81. The van der Waals surface area contributed by atoms with Gasteiger partial charge in [0.25, 0.3) is 0 Å². The van der Waals surface area contributed by atoms with Crippen molar-refractivity contribution in [3.8, 4) is 0 Å². The first-order valence-electron chi connectivity index (χ1n) is 10.6. The number of pyridine rings is 1. The summed E-state index contributed by atoms with van der Waals surface area (Å²) in [4.78, 5) is 17.9. The maximum absolute atomic E-state index is 13.2. The molecule has 1 aromatic heterocycles. The molecule has 0 radical (unpaired) electrons. The highest BCUT2D eigenvalue weighted by Gasteiger charge is 2.33. The van der Waals surface area contributed by atoms with E-state index in [1.807, 2.05) is 0 Å². The number of benzene rings is 1. The molecule has 35 heavy (non-hydrogen) atoms. The largest absolute Gasteiger partial charge is 0.433 e. The van der Waals surface area contributed by atoms with Gasteiger partial charge in [-0.25, -0.2) is 13.4 Å². The van der Waals surface area contributed by atoms with Crippen LogP contribution in [0, 0.1) is 0 Å². The van der Waals surface area contributed by atoms with Crippen LogP contribution in [0.2, 0.25) is 0 Å². The molecule has 2 N–H and O–H groups in total. The van der Waals surface area contributed by atoms with Crippen LogP contribution in [0.1, 0.15) is 22.4 Å². The highest BCUT2D eigenvalue weighted by molar-refractivity contribution is 7.92. The third-order valence-corrected chi connectivity index (χ3v) is 5.61. The summed E-state index contributed by atoms with van der Waals surface area (Å²) >= 11 is 0. The Bertz CT molecular complexity index is 1220. The van der Waals surface area contributed by atoms with Gasteiger partial charge in [-0.3, -0.25) is 9.52 Å². The molecule has 0 saturated carbocycles. The Balaban J connectivity index is 1.72. The van der Waals surface area contributed by atoms with E-state index in [4.69, 9.17) is 4.74 Å². The predicted octanol–water partition coefficient (Wildman–Crippen LogP) is 3.28. The number of carbonyl (C=O) groups excluding carboxylic acids is 1. The summed E-state index contributed by atoms with van der Waals surface area (Å²) in [6.45, 7) is 5.32. The van der Waals surface area contributed by atoms with Gasteiger partial charge in [-0.1, -0.05) is 18.7 Å². The number of halogens is 3. The number of nitrogens with zero attached hydrogens (tertiary/aromatic N) is 2. The number of rotatable bonds is 8. The maximum Gasteiger partial charge on any atom is 0.433 e. The molecule has 0 aliphatic carbocycles. The monoisotopic (exact) mass is 510 g/mol. The van der Waals surface area contributed by atoms with E-state index in [1.54, 1.807) is 23.1 Å². The number of nitrogens with one attached hydrogen (secondary N) is 2. The molecule has 1 saturated heterocycles. The second kappa shape index (κ2) is 10.9. The van der Waals surface area contributed by atoms with E-state index in [-0.39, 0.29) is 12.4 Å². The number of hydrogen-bond donors (Lipinski definition) is 2. The number of ether oxygens (including phenoxy) is 1. The van der Waals surface area contributed by atoms with Gasteiger partial charge in [0, 0.05) is 31.3 Å². The molecular formula is C23H25F3N4O4S. The molecule has 0 bridgehead atoms. The summed E-state index contributed by atoms with van der Waals surface area (Å²) in [7, 11) is -3.46. The predicted molar refractivity (Wildman–Crippen MR) is 128 cm³/mol. The van der Waals surface area contributed by atoms with E-state index in [2.05, 4.69) is 21.6 Å². The zero-order chi connectivity index (χ0) is 25.6. The number of alkyl halides is 3. The lowest BCUT2D eigenvalue weighted by molar-refractivity contribution is -0.141. The molecule has 2 aromatic rings. The van der Waals surface area contributed by atoms with Gasteiger partial charge in [0.1, 0.15) is 11.5 Å². The summed E-state index contributed by atoms with van der Waals surface area (Å²) in [5, 5.41) is 2.69. The van der Waals surface area contributed by atoms with Gasteiger partial charge in [0.2, 0.25) is 15.9 Å². The van der Waals surface area contributed by atoms with E-state index in [0.29, 0.717) is 48.7 Å². The van der Waals surface area contributed by atoms with E-state index >= 15 is 0 Å². The first-order valence-corrected chi connectivity index (χ1v) is 12.5. The van der Waals surface area contributed by atoms with Gasteiger partial charge in [0.15, 0.2) is 0 Å². The minimum Gasteiger partial charge on any atom is -0.378 e. The van der Waals surface area contributed by atoms with Crippen LogP contribution < -0.4 is 14.9 Å². The fraction of sp³-hybridized carbons (Fsp3) is 0.304. The molecule has 0 unspecified atom stereocenters. The SMILES string of the molecule is C=Cc1cc(CNC(=O)C=Cc2ccc(C(F)(F)F)nc2N2CCOCC2)ccc1NS(C)(=O)=O. The van der Waals surface area contributed by atoms with Gasteiger partial charge >= 0.3 is 6.18 Å². The molecule has 1 aromatic carbocycles. The van der Waals surface area contributed by atoms with Crippen molar-refractivity contribution in [3.63, 3.8) is 0 Å². The number of anilines is 2. The third-order valence-electron chi connectivity index (χ3n) is 5.02. The molecule has 3 rings (SSSR count). The quantitative estimate of drug-likeness (QED) is 0.529. The van der Waals surface area contributed by atoms with Crippen LogP contribution in [0.15, 0.2) is 43.0 Å². The van der Waals surface area contributed by atoms with E-state index < -0.39 is 27.8 Å². The molecule has 8 nitrogen and oxygen atoms in total. The van der Waals surface area contributed by atoms with E-state index in [1.165, 1.54) is 24.3 Å². The number of carbonyl (C=O) groups is 1. The fourth-order valence-electron chi connectivity index (χ4n) is 3.37.